The number of nitrogens with zero attached hydrogens (tertiary/aromatic N) is 2. The summed E-state index contributed by atoms with van der Waals surface area (Å²) in [6.45, 7) is 1.89. The molecule has 0 aliphatic carbocycles. The van der Waals surface area contributed by atoms with Gasteiger partial charge in [-0.05, 0) is 54.3 Å². The highest BCUT2D eigenvalue weighted by molar-refractivity contribution is 5.78. The number of rotatable bonds is 7. The molecular weight excluding hydrogens is 390 g/mol. The van der Waals surface area contributed by atoms with Crippen LogP contribution < -0.4 is 4.74 Å². The van der Waals surface area contributed by atoms with E-state index in [4.69, 9.17) is 4.74 Å². The molecule has 1 aliphatic heterocycles. The van der Waals surface area contributed by atoms with Crippen molar-refractivity contribution in [1.82, 2.24) is 9.80 Å². The maximum Gasteiger partial charge on any atom is 0.223 e. The number of hydrogen-bond acceptors (Lipinski definition) is 3. The van der Waals surface area contributed by atoms with Gasteiger partial charge >= 0.3 is 0 Å². The molecule has 1 saturated heterocycles. The summed E-state index contributed by atoms with van der Waals surface area (Å²) in [5.74, 6) is -0.271. The predicted molar refractivity (Wildman–Crippen MR) is 109 cm³/mol. The third-order valence-electron chi connectivity index (χ3n) is 5.39. The molecule has 0 unspecified atom stereocenters. The molecule has 1 heterocycles. The number of aryl methyl sites for hydroxylation is 2. The van der Waals surface area contributed by atoms with Crippen LogP contribution in [0.25, 0.3) is 0 Å². The molecule has 0 spiro atoms. The molecule has 2 amide bonds. The first-order valence-electron chi connectivity index (χ1n) is 10.1. The highest BCUT2D eigenvalue weighted by atomic mass is 19.1. The van der Waals surface area contributed by atoms with E-state index in [2.05, 4.69) is 0 Å². The quantitative estimate of drug-likeness (QED) is 0.697. The lowest BCUT2D eigenvalue weighted by atomic mass is 10.1. The van der Waals surface area contributed by atoms with E-state index in [1.165, 1.54) is 0 Å². The van der Waals surface area contributed by atoms with E-state index in [1.54, 1.807) is 16.9 Å². The van der Waals surface area contributed by atoms with Gasteiger partial charge in [0.25, 0.3) is 0 Å². The second kappa shape index (κ2) is 10.2. The van der Waals surface area contributed by atoms with Crippen LogP contribution in [-0.4, -0.2) is 54.9 Å². The first kappa shape index (κ1) is 21.7. The van der Waals surface area contributed by atoms with Crippen LogP contribution in [0.2, 0.25) is 0 Å². The minimum absolute atomic E-state index is 0.0692. The van der Waals surface area contributed by atoms with E-state index in [0.29, 0.717) is 39.0 Å². The van der Waals surface area contributed by atoms with Crippen molar-refractivity contribution in [2.75, 3.05) is 33.3 Å². The molecule has 2 aromatic rings. The average molecular weight is 416 g/mol. The number of hydrogen-bond donors (Lipinski definition) is 0. The Bertz CT molecular complexity index is 879. The van der Waals surface area contributed by atoms with Gasteiger partial charge in [-0.1, -0.05) is 12.1 Å². The molecule has 1 fully saturated rings. The molecule has 7 heteroatoms. The molecule has 160 valence electrons. The maximum absolute atomic E-state index is 13.7. The summed E-state index contributed by atoms with van der Waals surface area (Å²) < 4.78 is 32.1. The Kier molecular flexibility index (Phi) is 7.38. The zero-order valence-electron chi connectivity index (χ0n) is 17.1. The highest BCUT2D eigenvalue weighted by Crippen LogP contribution is 2.15. The molecule has 2 aromatic carbocycles. The number of amides is 2. The van der Waals surface area contributed by atoms with E-state index in [-0.39, 0.29) is 30.2 Å². The summed E-state index contributed by atoms with van der Waals surface area (Å²) in [4.78, 5) is 28.3. The first-order chi connectivity index (χ1) is 14.5. The Labute approximate surface area is 175 Å². The van der Waals surface area contributed by atoms with E-state index in [9.17, 15) is 18.4 Å². The minimum Gasteiger partial charge on any atom is -0.497 e. The smallest absolute Gasteiger partial charge is 0.223 e. The molecule has 0 aromatic heterocycles. The molecule has 30 heavy (non-hydrogen) atoms. The largest absolute Gasteiger partial charge is 0.497 e. The van der Waals surface area contributed by atoms with Crippen LogP contribution in [0.1, 0.15) is 24.0 Å². The highest BCUT2D eigenvalue weighted by Gasteiger charge is 2.24. The second-order valence-electron chi connectivity index (χ2n) is 7.35. The molecule has 0 bridgehead atoms. The minimum atomic E-state index is -0.513. The zero-order valence-corrected chi connectivity index (χ0v) is 17.1. The van der Waals surface area contributed by atoms with Crippen LogP contribution in [0, 0.1) is 11.6 Å². The summed E-state index contributed by atoms with van der Waals surface area (Å²) in [6, 6.07) is 10.9. The number of benzene rings is 2. The van der Waals surface area contributed by atoms with Gasteiger partial charge < -0.3 is 14.5 Å². The molecule has 0 radical (unpaired) electrons. The number of ether oxygens (including phenoxy) is 1. The second-order valence-corrected chi connectivity index (χ2v) is 7.35. The summed E-state index contributed by atoms with van der Waals surface area (Å²) in [6.07, 6.45) is 1.34. The van der Waals surface area contributed by atoms with Gasteiger partial charge in [-0.3, -0.25) is 9.59 Å². The fraction of sp³-hybridized carbons (Fsp3) is 0.391. The van der Waals surface area contributed by atoms with Gasteiger partial charge in [-0.2, -0.15) is 0 Å². The van der Waals surface area contributed by atoms with Crippen molar-refractivity contribution in [2.24, 2.45) is 0 Å². The van der Waals surface area contributed by atoms with Gasteiger partial charge in [0.1, 0.15) is 17.4 Å². The SMILES string of the molecule is COc1ccc(CCC(=O)N2CCN(C(=O)CCc3cc(F)ccc3F)CC2)cc1. The molecule has 3 rings (SSSR count). The van der Waals surface area contributed by atoms with Gasteiger partial charge in [-0.25, -0.2) is 8.78 Å². The van der Waals surface area contributed by atoms with Gasteiger partial charge in [0.2, 0.25) is 11.8 Å². The predicted octanol–water partition coefficient (Wildman–Crippen LogP) is 3.21. The summed E-state index contributed by atoms with van der Waals surface area (Å²) in [5, 5.41) is 0. The van der Waals surface area contributed by atoms with Crippen molar-refractivity contribution in [2.45, 2.75) is 25.7 Å². The fourth-order valence-electron chi connectivity index (χ4n) is 3.54. The van der Waals surface area contributed by atoms with Gasteiger partial charge in [0.15, 0.2) is 0 Å². The van der Waals surface area contributed by atoms with Crippen LogP contribution >= 0.6 is 0 Å². The topological polar surface area (TPSA) is 49.9 Å². The number of methoxy groups -OCH3 is 1. The molecule has 5 nitrogen and oxygen atoms in total. The molecular formula is C23H26F2N2O3. The number of carbonyl (C=O) groups is 2. The number of halogens is 2. The summed E-state index contributed by atoms with van der Waals surface area (Å²) in [7, 11) is 1.61. The van der Waals surface area contributed by atoms with Crippen LogP contribution in [0.15, 0.2) is 42.5 Å². The average Bonchev–Trinajstić information content (AvgIpc) is 2.78. The summed E-state index contributed by atoms with van der Waals surface area (Å²) >= 11 is 0. The zero-order chi connectivity index (χ0) is 21.5. The van der Waals surface area contributed by atoms with Gasteiger partial charge in [0, 0.05) is 39.0 Å². The Hall–Kier alpha value is -2.96. The summed E-state index contributed by atoms with van der Waals surface area (Å²) in [5.41, 5.74) is 1.28. The van der Waals surface area contributed by atoms with E-state index in [0.717, 1.165) is 29.5 Å². The van der Waals surface area contributed by atoms with Crippen molar-refractivity contribution < 1.29 is 23.1 Å². The lowest BCUT2D eigenvalue weighted by Crippen LogP contribution is -2.50. The normalized spacial score (nSPS) is 14.0. The number of piperazine rings is 1. The van der Waals surface area contributed by atoms with Crippen LogP contribution in [-0.2, 0) is 22.4 Å². The van der Waals surface area contributed by atoms with Crippen molar-refractivity contribution in [3.8, 4) is 5.75 Å². The van der Waals surface area contributed by atoms with Crippen LogP contribution in [0.4, 0.5) is 8.78 Å². The fourth-order valence-corrected chi connectivity index (χ4v) is 3.54. The Morgan fingerprint density at radius 2 is 1.43 bits per heavy atom. The van der Waals surface area contributed by atoms with E-state index in [1.807, 2.05) is 24.3 Å². The third kappa shape index (κ3) is 5.78. The van der Waals surface area contributed by atoms with Crippen LogP contribution in [0.5, 0.6) is 5.75 Å². The molecule has 1 aliphatic rings. The van der Waals surface area contributed by atoms with E-state index >= 15 is 0 Å². The van der Waals surface area contributed by atoms with Crippen molar-refractivity contribution in [1.29, 1.82) is 0 Å². The van der Waals surface area contributed by atoms with Crippen LogP contribution in [0.3, 0.4) is 0 Å². The monoisotopic (exact) mass is 416 g/mol. The van der Waals surface area contributed by atoms with Crippen molar-refractivity contribution in [3.05, 3.63) is 65.2 Å². The first-order valence-corrected chi connectivity index (χ1v) is 10.1. The standard InChI is InChI=1S/C23H26F2N2O3/c1-30-20-7-2-17(3-8-20)4-10-22(28)26-12-14-27(15-13-26)23(29)11-5-18-16-19(24)6-9-21(18)25/h2-3,6-9,16H,4-5,10-15H2,1H3. The Morgan fingerprint density at radius 3 is 2.00 bits per heavy atom. The molecule has 0 N–H and O–H groups in total. The Morgan fingerprint density at radius 1 is 0.867 bits per heavy atom. The third-order valence-corrected chi connectivity index (χ3v) is 5.39. The molecule has 0 atom stereocenters. The van der Waals surface area contributed by atoms with Crippen molar-refractivity contribution in [3.63, 3.8) is 0 Å². The van der Waals surface area contributed by atoms with Gasteiger partial charge in [0.05, 0.1) is 7.11 Å². The number of carbonyl (C=O) groups excluding carboxylic acids is 2. The lowest BCUT2D eigenvalue weighted by molar-refractivity contribution is -0.139. The van der Waals surface area contributed by atoms with E-state index < -0.39 is 11.6 Å². The maximum atomic E-state index is 13.7. The lowest BCUT2D eigenvalue weighted by Gasteiger charge is -2.35. The van der Waals surface area contributed by atoms with Crippen molar-refractivity contribution >= 4 is 11.8 Å². The molecule has 0 saturated carbocycles. The van der Waals surface area contributed by atoms with Gasteiger partial charge in [-0.15, -0.1) is 0 Å². The Balaban J connectivity index is 1.41.